The number of piperazine rings is 1. The van der Waals surface area contributed by atoms with Crippen molar-refractivity contribution in [1.29, 1.82) is 5.26 Å². The van der Waals surface area contributed by atoms with Gasteiger partial charge in [-0.25, -0.2) is 4.39 Å². The van der Waals surface area contributed by atoms with Gasteiger partial charge in [-0.3, -0.25) is 4.90 Å². The summed E-state index contributed by atoms with van der Waals surface area (Å²) in [6.45, 7) is 5.89. The van der Waals surface area contributed by atoms with E-state index in [4.69, 9.17) is 16.7 Å². The van der Waals surface area contributed by atoms with E-state index in [0.717, 1.165) is 37.4 Å². The molecular weight excluding hydrogens is 412 g/mol. The van der Waals surface area contributed by atoms with Crippen molar-refractivity contribution in [2.24, 2.45) is 0 Å². The lowest BCUT2D eigenvalue weighted by Crippen LogP contribution is -2.47. The molecule has 1 atom stereocenters. The number of benzene rings is 2. The second-order valence-corrected chi connectivity index (χ2v) is 7.36. The largest absolute Gasteiger partial charge is 0.395 e. The van der Waals surface area contributed by atoms with Gasteiger partial charge in [-0.1, -0.05) is 36.7 Å². The summed E-state index contributed by atoms with van der Waals surface area (Å²) in [6.07, 6.45) is -0.816. The first-order valence-corrected chi connectivity index (χ1v) is 10.0. The zero-order valence-electron chi connectivity index (χ0n) is 16.4. The number of hydrogen-bond donors (Lipinski definition) is 1. The fraction of sp³-hybridized carbons (Fsp3) is 0.409. The van der Waals surface area contributed by atoms with Crippen LogP contribution in [0, 0.1) is 11.3 Å². The molecule has 0 aliphatic carbocycles. The molecule has 1 fully saturated rings. The van der Waals surface area contributed by atoms with E-state index in [1.54, 1.807) is 13.0 Å². The van der Waals surface area contributed by atoms with Gasteiger partial charge in [0.1, 0.15) is 6.17 Å². The van der Waals surface area contributed by atoms with E-state index in [9.17, 15) is 9.65 Å². The Balaban J connectivity index is 0.00000300. The number of anilines is 1. The maximum Gasteiger partial charge on any atom is 0.126 e. The van der Waals surface area contributed by atoms with Crippen LogP contribution >= 0.6 is 24.0 Å². The molecule has 0 saturated carbocycles. The Hall–Kier alpha value is -1.84. The van der Waals surface area contributed by atoms with Crippen molar-refractivity contribution in [3.05, 3.63) is 52.5 Å². The van der Waals surface area contributed by atoms with Crippen LogP contribution in [0.15, 0.2) is 36.4 Å². The molecule has 29 heavy (non-hydrogen) atoms. The van der Waals surface area contributed by atoms with Crippen molar-refractivity contribution in [1.82, 2.24) is 4.90 Å². The lowest BCUT2D eigenvalue weighted by Gasteiger charge is -2.36. The second kappa shape index (κ2) is 10.8. The van der Waals surface area contributed by atoms with Crippen LogP contribution in [0.5, 0.6) is 0 Å². The molecule has 3 rings (SSSR count). The number of hydrogen-bond acceptors (Lipinski definition) is 4. The van der Waals surface area contributed by atoms with Gasteiger partial charge in [-0.15, -0.1) is 12.4 Å². The van der Waals surface area contributed by atoms with Gasteiger partial charge in [0, 0.05) is 55.1 Å². The van der Waals surface area contributed by atoms with Crippen molar-refractivity contribution in [2.45, 2.75) is 19.5 Å². The van der Waals surface area contributed by atoms with Crippen LogP contribution in [-0.2, 0) is 0 Å². The van der Waals surface area contributed by atoms with E-state index in [1.807, 2.05) is 30.3 Å². The topological polar surface area (TPSA) is 50.5 Å². The first kappa shape index (κ1) is 23.4. The third-order valence-electron chi connectivity index (χ3n) is 5.27. The first-order chi connectivity index (χ1) is 13.6. The highest BCUT2D eigenvalue weighted by Crippen LogP contribution is 2.40. The van der Waals surface area contributed by atoms with Crippen molar-refractivity contribution >= 4 is 29.7 Å². The van der Waals surface area contributed by atoms with Crippen LogP contribution in [0.1, 0.15) is 30.6 Å². The summed E-state index contributed by atoms with van der Waals surface area (Å²) in [7, 11) is 0. The van der Waals surface area contributed by atoms with E-state index in [-0.39, 0.29) is 19.0 Å². The predicted octanol–water partition coefficient (Wildman–Crippen LogP) is 4.84. The number of halogens is 3. The van der Waals surface area contributed by atoms with Gasteiger partial charge in [0.15, 0.2) is 0 Å². The summed E-state index contributed by atoms with van der Waals surface area (Å²) in [4.78, 5) is 4.43. The Labute approximate surface area is 182 Å². The molecule has 1 aliphatic rings. The van der Waals surface area contributed by atoms with Crippen LogP contribution in [0.2, 0.25) is 5.02 Å². The van der Waals surface area contributed by atoms with Crippen LogP contribution in [0.25, 0.3) is 11.1 Å². The molecule has 4 nitrogen and oxygen atoms in total. The molecule has 2 aromatic rings. The van der Waals surface area contributed by atoms with E-state index < -0.39 is 6.17 Å². The maximum atomic E-state index is 14.7. The molecule has 2 aromatic carbocycles. The molecule has 7 heteroatoms. The van der Waals surface area contributed by atoms with Crippen LogP contribution in [0.3, 0.4) is 0 Å². The SMILES string of the molecule is CCC(F)c1cc(N2CCN(CCO)CC2)cc(-c2ccccc2C#N)c1Cl.Cl. The summed E-state index contributed by atoms with van der Waals surface area (Å²) < 4.78 is 14.7. The Morgan fingerprint density at radius 3 is 2.48 bits per heavy atom. The van der Waals surface area contributed by atoms with Crippen LogP contribution < -0.4 is 4.90 Å². The minimum absolute atomic E-state index is 0. The summed E-state index contributed by atoms with van der Waals surface area (Å²) >= 11 is 6.62. The summed E-state index contributed by atoms with van der Waals surface area (Å²) in [5.41, 5.74) is 3.33. The van der Waals surface area contributed by atoms with Gasteiger partial charge in [0.05, 0.1) is 23.3 Å². The zero-order valence-corrected chi connectivity index (χ0v) is 18.0. The van der Waals surface area contributed by atoms with Crippen LogP contribution in [0.4, 0.5) is 10.1 Å². The molecule has 1 heterocycles. The summed E-state index contributed by atoms with van der Waals surface area (Å²) in [6, 6.07) is 13.3. The average molecular weight is 438 g/mol. The molecule has 0 radical (unpaired) electrons. The highest BCUT2D eigenvalue weighted by atomic mass is 35.5. The fourth-order valence-corrected chi connectivity index (χ4v) is 3.97. The van der Waals surface area contributed by atoms with E-state index in [1.165, 1.54) is 0 Å². The van der Waals surface area contributed by atoms with Gasteiger partial charge >= 0.3 is 0 Å². The van der Waals surface area contributed by atoms with Gasteiger partial charge in [-0.05, 0) is 24.6 Å². The average Bonchev–Trinajstić information content (AvgIpc) is 2.74. The van der Waals surface area contributed by atoms with Gasteiger partial charge in [0.25, 0.3) is 0 Å². The van der Waals surface area contributed by atoms with Gasteiger partial charge in [-0.2, -0.15) is 5.26 Å². The Morgan fingerprint density at radius 2 is 1.86 bits per heavy atom. The number of β-amino-alcohol motifs (C(OH)–C–C–N with tert-alkyl or cyclic N) is 1. The highest BCUT2D eigenvalue weighted by Gasteiger charge is 2.23. The number of rotatable bonds is 6. The molecule has 1 aliphatic heterocycles. The molecule has 1 N–H and O–H groups in total. The summed E-state index contributed by atoms with van der Waals surface area (Å²) in [5, 5.41) is 19.0. The fourth-order valence-electron chi connectivity index (χ4n) is 3.64. The molecule has 0 amide bonds. The van der Waals surface area contributed by atoms with E-state index in [0.29, 0.717) is 34.7 Å². The Bertz CT molecular complexity index is 864. The standard InChI is InChI=1S/C22H25ClFN3O.ClH/c1-2-21(24)20-14-17(27-9-7-26(8-10-27)11-12-28)13-19(22(20)23)18-6-4-3-5-16(18)15-25;/h3-6,13-14,21,28H,2,7-12H2,1H3;1H. The first-order valence-electron chi connectivity index (χ1n) is 9.64. The zero-order chi connectivity index (χ0) is 20.1. The van der Waals surface area contributed by atoms with Crippen molar-refractivity contribution in [3.63, 3.8) is 0 Å². The molecule has 0 bridgehead atoms. The van der Waals surface area contributed by atoms with Crippen molar-refractivity contribution < 1.29 is 9.50 Å². The normalized spacial score (nSPS) is 15.5. The molecule has 1 unspecified atom stereocenters. The van der Waals surface area contributed by atoms with E-state index in [2.05, 4.69) is 15.9 Å². The number of aliphatic hydroxyl groups is 1. The molecule has 156 valence electrons. The highest BCUT2D eigenvalue weighted by molar-refractivity contribution is 6.34. The smallest absolute Gasteiger partial charge is 0.126 e. The molecular formula is C22H26Cl2FN3O. The number of aliphatic hydroxyl groups excluding tert-OH is 1. The maximum absolute atomic E-state index is 14.7. The number of nitrogens with zero attached hydrogens (tertiary/aromatic N) is 3. The molecule has 1 saturated heterocycles. The molecule has 0 spiro atoms. The van der Waals surface area contributed by atoms with Crippen molar-refractivity contribution in [3.8, 4) is 17.2 Å². The second-order valence-electron chi connectivity index (χ2n) is 6.98. The van der Waals surface area contributed by atoms with E-state index >= 15 is 0 Å². The monoisotopic (exact) mass is 437 g/mol. The minimum atomic E-state index is -1.16. The Morgan fingerprint density at radius 1 is 1.17 bits per heavy atom. The third-order valence-corrected chi connectivity index (χ3v) is 5.69. The lowest BCUT2D eigenvalue weighted by atomic mass is 9.95. The predicted molar refractivity (Wildman–Crippen MR) is 119 cm³/mol. The van der Waals surface area contributed by atoms with Gasteiger partial charge in [0.2, 0.25) is 0 Å². The Kier molecular flexibility index (Phi) is 8.73. The quantitative estimate of drug-likeness (QED) is 0.702. The lowest BCUT2D eigenvalue weighted by molar-refractivity contribution is 0.189. The van der Waals surface area contributed by atoms with Crippen molar-refractivity contribution in [2.75, 3.05) is 44.2 Å². The number of nitriles is 1. The summed E-state index contributed by atoms with van der Waals surface area (Å²) in [5.74, 6) is 0. The third kappa shape index (κ3) is 5.21. The van der Waals surface area contributed by atoms with Gasteiger partial charge < -0.3 is 10.0 Å². The van der Waals surface area contributed by atoms with Crippen LogP contribution in [-0.4, -0.2) is 49.3 Å². The number of alkyl halides is 1. The molecule has 0 aromatic heterocycles. The minimum Gasteiger partial charge on any atom is -0.395 e.